The molecule has 3 amide bonds. The number of hydrogen-bond acceptors (Lipinski definition) is 6. The number of nitrogens with one attached hydrogen (secondary N) is 2. The number of thioether (sulfide) groups is 1. The molecule has 1 fully saturated rings. The van der Waals surface area contributed by atoms with Crippen molar-refractivity contribution in [1.82, 2.24) is 25.4 Å². The molecule has 8 nitrogen and oxygen atoms in total. The Morgan fingerprint density at radius 3 is 2.76 bits per heavy atom. The number of hydrogen-bond donors (Lipinski definition) is 3. The van der Waals surface area contributed by atoms with Gasteiger partial charge in [0.25, 0.3) is 0 Å². The average molecular weight is 312 g/mol. The molecule has 2 rings (SSSR count). The maximum absolute atomic E-state index is 11.9. The highest BCUT2D eigenvalue weighted by molar-refractivity contribution is 8.00. The zero-order chi connectivity index (χ0) is 15.4. The molecule has 0 aliphatic heterocycles. The van der Waals surface area contributed by atoms with Crippen LogP contribution in [0.4, 0.5) is 4.79 Å². The van der Waals surface area contributed by atoms with Crippen LogP contribution in [-0.4, -0.2) is 38.5 Å². The lowest BCUT2D eigenvalue weighted by atomic mass is 10.4. The van der Waals surface area contributed by atoms with Gasteiger partial charge in [-0.05, 0) is 26.7 Å². The van der Waals surface area contributed by atoms with Crippen LogP contribution < -0.4 is 16.4 Å². The van der Waals surface area contributed by atoms with Crippen LogP contribution in [-0.2, 0) is 11.3 Å². The Morgan fingerprint density at radius 2 is 2.19 bits per heavy atom. The third kappa shape index (κ3) is 3.94. The quantitative estimate of drug-likeness (QED) is 0.655. The summed E-state index contributed by atoms with van der Waals surface area (Å²) in [4.78, 5) is 23.3. The number of nitrogens with zero attached hydrogens (tertiary/aromatic N) is 3. The van der Waals surface area contributed by atoms with Gasteiger partial charge in [0, 0.05) is 12.6 Å². The molecule has 1 unspecified atom stereocenters. The molecular formula is C12H20N6O2S. The van der Waals surface area contributed by atoms with Gasteiger partial charge in [-0.15, -0.1) is 10.2 Å². The van der Waals surface area contributed by atoms with Crippen molar-refractivity contribution in [3.63, 3.8) is 0 Å². The number of aromatic nitrogens is 3. The van der Waals surface area contributed by atoms with Crippen molar-refractivity contribution in [3.05, 3.63) is 5.82 Å². The molecular weight excluding hydrogens is 292 g/mol. The summed E-state index contributed by atoms with van der Waals surface area (Å²) in [6.07, 6.45) is 2.16. The zero-order valence-electron chi connectivity index (χ0n) is 12.1. The first kappa shape index (κ1) is 15.8. The highest BCUT2D eigenvalue weighted by atomic mass is 32.2. The Balaban J connectivity index is 1.99. The zero-order valence-corrected chi connectivity index (χ0v) is 12.9. The Hall–Kier alpha value is -1.61. The molecule has 4 N–H and O–H groups in total. The Morgan fingerprint density at radius 1 is 1.48 bits per heavy atom. The van der Waals surface area contributed by atoms with Gasteiger partial charge in [-0.3, -0.25) is 10.1 Å². The first-order valence-corrected chi connectivity index (χ1v) is 7.84. The summed E-state index contributed by atoms with van der Waals surface area (Å²) in [5, 5.41) is 13.2. The Kier molecular flexibility index (Phi) is 5.18. The van der Waals surface area contributed by atoms with Crippen molar-refractivity contribution >= 4 is 23.7 Å². The number of urea groups is 1. The molecule has 116 valence electrons. The van der Waals surface area contributed by atoms with E-state index >= 15 is 0 Å². The average Bonchev–Trinajstić information content (AvgIpc) is 3.20. The molecule has 21 heavy (non-hydrogen) atoms. The van der Waals surface area contributed by atoms with E-state index in [1.165, 1.54) is 11.8 Å². The fourth-order valence-electron chi connectivity index (χ4n) is 1.86. The summed E-state index contributed by atoms with van der Waals surface area (Å²) >= 11 is 1.28. The summed E-state index contributed by atoms with van der Waals surface area (Å²) < 4.78 is 2.00. The van der Waals surface area contributed by atoms with Gasteiger partial charge in [-0.25, -0.2) is 4.79 Å². The summed E-state index contributed by atoms with van der Waals surface area (Å²) in [6.45, 7) is 4.31. The van der Waals surface area contributed by atoms with Crippen LogP contribution in [0.1, 0.15) is 38.6 Å². The van der Waals surface area contributed by atoms with Gasteiger partial charge in [0.05, 0.1) is 11.8 Å². The van der Waals surface area contributed by atoms with Crippen LogP contribution in [0.2, 0.25) is 0 Å². The van der Waals surface area contributed by atoms with Crippen molar-refractivity contribution < 1.29 is 9.59 Å². The van der Waals surface area contributed by atoms with Gasteiger partial charge in [-0.1, -0.05) is 11.8 Å². The predicted octanol–water partition coefficient (Wildman–Crippen LogP) is 0.398. The van der Waals surface area contributed by atoms with Gasteiger partial charge >= 0.3 is 6.03 Å². The number of carbonyl (C=O) groups is 2. The van der Waals surface area contributed by atoms with E-state index in [2.05, 4.69) is 20.8 Å². The van der Waals surface area contributed by atoms with Crippen molar-refractivity contribution in [2.45, 2.75) is 49.7 Å². The smallest absolute Gasteiger partial charge is 0.321 e. The fourth-order valence-corrected chi connectivity index (χ4v) is 2.79. The number of nitrogens with two attached hydrogens (primary N) is 1. The standard InChI is InChI=1S/C12H20N6O2S/c1-3-14-11(20)15-10(19)7(2)21-12-17-16-9(6-13)18(12)8-4-5-8/h7-8H,3-6,13H2,1-2H3,(H2,14,15,19,20). The van der Waals surface area contributed by atoms with Crippen LogP contribution >= 0.6 is 11.8 Å². The Bertz CT molecular complexity index is 528. The van der Waals surface area contributed by atoms with Crippen LogP contribution in [0.5, 0.6) is 0 Å². The van der Waals surface area contributed by atoms with Gasteiger partial charge in [-0.2, -0.15) is 0 Å². The van der Waals surface area contributed by atoms with E-state index in [1.807, 2.05) is 4.57 Å². The maximum Gasteiger partial charge on any atom is 0.321 e. The number of rotatable bonds is 6. The number of carbonyl (C=O) groups excluding carboxylic acids is 2. The normalized spacial score (nSPS) is 15.6. The highest BCUT2D eigenvalue weighted by Crippen LogP contribution is 2.39. The molecule has 0 saturated heterocycles. The van der Waals surface area contributed by atoms with Crippen LogP contribution in [0.15, 0.2) is 5.16 Å². The molecule has 1 aromatic heterocycles. The molecule has 1 saturated carbocycles. The van der Waals surface area contributed by atoms with E-state index in [0.29, 0.717) is 24.3 Å². The highest BCUT2D eigenvalue weighted by Gasteiger charge is 2.30. The van der Waals surface area contributed by atoms with Gasteiger partial charge < -0.3 is 15.6 Å². The largest absolute Gasteiger partial charge is 0.338 e. The lowest BCUT2D eigenvalue weighted by Crippen LogP contribution is -2.42. The predicted molar refractivity (Wildman–Crippen MR) is 78.7 cm³/mol. The third-order valence-electron chi connectivity index (χ3n) is 3.06. The van der Waals surface area contributed by atoms with Crippen LogP contribution in [0.3, 0.4) is 0 Å². The van der Waals surface area contributed by atoms with Crippen LogP contribution in [0.25, 0.3) is 0 Å². The second-order valence-electron chi connectivity index (χ2n) is 4.81. The van der Waals surface area contributed by atoms with E-state index in [-0.39, 0.29) is 5.91 Å². The monoisotopic (exact) mass is 312 g/mol. The molecule has 1 aliphatic carbocycles. The van der Waals surface area contributed by atoms with E-state index in [1.54, 1.807) is 13.8 Å². The SMILES string of the molecule is CCNC(=O)NC(=O)C(C)Sc1nnc(CN)n1C1CC1. The van der Waals surface area contributed by atoms with Gasteiger partial charge in [0.1, 0.15) is 5.82 Å². The molecule has 1 aromatic rings. The summed E-state index contributed by atoms with van der Waals surface area (Å²) in [7, 11) is 0. The van der Waals surface area contributed by atoms with Crippen molar-refractivity contribution in [1.29, 1.82) is 0 Å². The molecule has 0 bridgehead atoms. The van der Waals surface area contributed by atoms with Crippen molar-refractivity contribution in [2.24, 2.45) is 5.73 Å². The van der Waals surface area contributed by atoms with E-state index in [9.17, 15) is 9.59 Å². The van der Waals surface area contributed by atoms with Crippen molar-refractivity contribution in [3.8, 4) is 0 Å². The van der Waals surface area contributed by atoms with Crippen molar-refractivity contribution in [2.75, 3.05) is 6.54 Å². The number of imide groups is 1. The second-order valence-corrected chi connectivity index (χ2v) is 6.12. The molecule has 1 heterocycles. The fraction of sp³-hybridized carbons (Fsp3) is 0.667. The van der Waals surface area contributed by atoms with E-state index < -0.39 is 11.3 Å². The lowest BCUT2D eigenvalue weighted by Gasteiger charge is -2.12. The summed E-state index contributed by atoms with van der Waals surface area (Å²) in [6, 6.07) is -0.0963. The minimum absolute atomic E-state index is 0.323. The molecule has 0 radical (unpaired) electrons. The summed E-state index contributed by atoms with van der Waals surface area (Å²) in [5.74, 6) is 0.377. The molecule has 0 aromatic carbocycles. The molecule has 1 atom stereocenters. The van der Waals surface area contributed by atoms with Gasteiger partial charge in [0.2, 0.25) is 5.91 Å². The minimum atomic E-state index is -0.485. The second kappa shape index (κ2) is 6.90. The van der Waals surface area contributed by atoms with E-state index in [0.717, 1.165) is 18.7 Å². The number of amides is 3. The summed E-state index contributed by atoms with van der Waals surface area (Å²) in [5.41, 5.74) is 5.65. The lowest BCUT2D eigenvalue weighted by molar-refractivity contribution is -0.119. The third-order valence-corrected chi connectivity index (χ3v) is 4.11. The van der Waals surface area contributed by atoms with E-state index in [4.69, 9.17) is 5.73 Å². The molecule has 9 heteroatoms. The Labute approximate surface area is 127 Å². The van der Waals surface area contributed by atoms with Gasteiger partial charge in [0.15, 0.2) is 5.16 Å². The maximum atomic E-state index is 11.9. The molecule has 1 aliphatic rings. The topological polar surface area (TPSA) is 115 Å². The molecule has 0 spiro atoms. The first-order valence-electron chi connectivity index (χ1n) is 6.96. The van der Waals surface area contributed by atoms with Crippen LogP contribution in [0, 0.1) is 0 Å². The first-order chi connectivity index (χ1) is 10.1. The minimum Gasteiger partial charge on any atom is -0.338 e.